The molecular formula is C22H22N2O4. The van der Waals surface area contributed by atoms with E-state index in [9.17, 15) is 14.7 Å². The standard InChI is InChI=1S/C22H22N2O4/c1-14-9-15(2)21(16(3)10-14)19-11-18(23-28-19)22(27)24(13-20(25)26)12-17-7-5-4-6-8-17/h4-11H,12-13H2,1-3H3,(H,25,26). The molecule has 0 atom stereocenters. The first-order valence-corrected chi connectivity index (χ1v) is 8.95. The van der Waals surface area contributed by atoms with Crippen molar-refractivity contribution in [3.8, 4) is 11.3 Å². The minimum Gasteiger partial charge on any atom is -0.480 e. The minimum absolute atomic E-state index is 0.0894. The molecule has 0 radical (unpaired) electrons. The lowest BCUT2D eigenvalue weighted by Crippen LogP contribution is -2.35. The molecule has 144 valence electrons. The van der Waals surface area contributed by atoms with Gasteiger partial charge in [0.05, 0.1) is 0 Å². The zero-order valence-corrected chi connectivity index (χ0v) is 16.1. The van der Waals surface area contributed by atoms with Gasteiger partial charge in [-0.1, -0.05) is 53.2 Å². The maximum absolute atomic E-state index is 12.9. The number of aliphatic carboxylic acids is 1. The third-order valence-corrected chi connectivity index (χ3v) is 4.48. The van der Waals surface area contributed by atoms with Gasteiger partial charge in [-0.05, 0) is 37.5 Å². The Hall–Kier alpha value is -3.41. The highest BCUT2D eigenvalue weighted by molar-refractivity contribution is 5.95. The molecule has 28 heavy (non-hydrogen) atoms. The van der Waals surface area contributed by atoms with Crippen LogP contribution < -0.4 is 0 Å². The van der Waals surface area contributed by atoms with Crippen molar-refractivity contribution in [2.24, 2.45) is 0 Å². The van der Waals surface area contributed by atoms with Crippen molar-refractivity contribution in [3.63, 3.8) is 0 Å². The third-order valence-electron chi connectivity index (χ3n) is 4.48. The van der Waals surface area contributed by atoms with E-state index >= 15 is 0 Å². The van der Waals surface area contributed by atoms with E-state index in [2.05, 4.69) is 5.16 Å². The maximum Gasteiger partial charge on any atom is 0.323 e. The van der Waals surface area contributed by atoms with E-state index in [4.69, 9.17) is 4.52 Å². The molecule has 6 heteroatoms. The van der Waals surface area contributed by atoms with Crippen LogP contribution in [-0.2, 0) is 11.3 Å². The molecule has 2 aromatic carbocycles. The number of aromatic nitrogens is 1. The molecule has 6 nitrogen and oxygen atoms in total. The zero-order valence-electron chi connectivity index (χ0n) is 16.1. The summed E-state index contributed by atoms with van der Waals surface area (Å²) in [6.07, 6.45) is 0. The van der Waals surface area contributed by atoms with Gasteiger partial charge < -0.3 is 14.5 Å². The maximum atomic E-state index is 12.9. The predicted molar refractivity (Wildman–Crippen MR) is 105 cm³/mol. The number of carboxylic acids is 1. The molecule has 1 aromatic heterocycles. The molecule has 0 saturated carbocycles. The summed E-state index contributed by atoms with van der Waals surface area (Å²) in [6.45, 7) is 5.73. The highest BCUT2D eigenvalue weighted by atomic mass is 16.5. The van der Waals surface area contributed by atoms with E-state index in [1.165, 1.54) is 4.90 Å². The van der Waals surface area contributed by atoms with E-state index in [-0.39, 0.29) is 12.2 Å². The Morgan fingerprint density at radius 2 is 1.68 bits per heavy atom. The van der Waals surface area contributed by atoms with Crippen LogP contribution >= 0.6 is 0 Å². The summed E-state index contributed by atoms with van der Waals surface area (Å²) in [5, 5.41) is 13.1. The highest BCUT2D eigenvalue weighted by Crippen LogP contribution is 2.29. The second kappa shape index (κ2) is 8.08. The molecule has 0 aliphatic rings. The van der Waals surface area contributed by atoms with Crippen LogP contribution in [0.5, 0.6) is 0 Å². The van der Waals surface area contributed by atoms with Crippen LogP contribution in [0, 0.1) is 20.8 Å². The Morgan fingerprint density at radius 1 is 1.04 bits per heavy atom. The molecule has 1 heterocycles. The van der Waals surface area contributed by atoms with Gasteiger partial charge in [0, 0.05) is 18.2 Å². The Labute approximate surface area is 163 Å². The number of nitrogens with zero attached hydrogens (tertiary/aromatic N) is 2. The fraction of sp³-hybridized carbons (Fsp3) is 0.227. The fourth-order valence-electron chi connectivity index (χ4n) is 3.39. The number of aryl methyl sites for hydroxylation is 3. The topological polar surface area (TPSA) is 83.6 Å². The average molecular weight is 378 g/mol. The minimum atomic E-state index is -1.08. The summed E-state index contributed by atoms with van der Waals surface area (Å²) in [7, 11) is 0. The van der Waals surface area contributed by atoms with Gasteiger partial charge >= 0.3 is 5.97 Å². The summed E-state index contributed by atoms with van der Waals surface area (Å²) in [6, 6.07) is 14.9. The molecule has 0 aliphatic heterocycles. The summed E-state index contributed by atoms with van der Waals surface area (Å²) in [4.78, 5) is 25.4. The molecule has 1 N–H and O–H groups in total. The number of carboxylic acid groups (broad SMARTS) is 1. The van der Waals surface area contributed by atoms with Crippen molar-refractivity contribution in [3.05, 3.63) is 76.5 Å². The van der Waals surface area contributed by atoms with Crippen LogP contribution in [0.15, 0.2) is 53.1 Å². The van der Waals surface area contributed by atoms with Gasteiger partial charge in [0.2, 0.25) is 0 Å². The first-order chi connectivity index (χ1) is 13.3. The van der Waals surface area contributed by atoms with E-state index in [0.29, 0.717) is 5.76 Å². The number of rotatable bonds is 6. The summed E-state index contributed by atoms with van der Waals surface area (Å²) >= 11 is 0. The van der Waals surface area contributed by atoms with Gasteiger partial charge in [-0.25, -0.2) is 0 Å². The normalized spacial score (nSPS) is 10.7. The number of hydrogen-bond acceptors (Lipinski definition) is 4. The molecule has 0 bridgehead atoms. The molecule has 1 amide bonds. The van der Waals surface area contributed by atoms with Crippen LogP contribution in [-0.4, -0.2) is 33.6 Å². The highest BCUT2D eigenvalue weighted by Gasteiger charge is 2.23. The zero-order chi connectivity index (χ0) is 20.3. The lowest BCUT2D eigenvalue weighted by atomic mass is 9.98. The van der Waals surface area contributed by atoms with Gasteiger partial charge in [0.25, 0.3) is 5.91 Å². The van der Waals surface area contributed by atoms with Crippen molar-refractivity contribution >= 4 is 11.9 Å². The molecule has 0 fully saturated rings. The lowest BCUT2D eigenvalue weighted by Gasteiger charge is -2.19. The van der Waals surface area contributed by atoms with Gasteiger partial charge in [0.15, 0.2) is 11.5 Å². The Balaban J connectivity index is 1.89. The molecule has 3 aromatic rings. The Bertz CT molecular complexity index is 985. The van der Waals surface area contributed by atoms with Crippen molar-refractivity contribution in [2.45, 2.75) is 27.3 Å². The van der Waals surface area contributed by atoms with Crippen LogP contribution in [0.4, 0.5) is 0 Å². The largest absolute Gasteiger partial charge is 0.480 e. The first kappa shape index (κ1) is 19.4. The second-order valence-electron chi connectivity index (χ2n) is 6.89. The summed E-state index contributed by atoms with van der Waals surface area (Å²) in [5.41, 5.74) is 5.02. The average Bonchev–Trinajstić information content (AvgIpc) is 3.09. The molecule has 0 unspecified atom stereocenters. The Morgan fingerprint density at radius 3 is 2.29 bits per heavy atom. The Kier molecular flexibility index (Phi) is 5.59. The SMILES string of the molecule is Cc1cc(C)c(-c2cc(C(=O)N(CC(=O)O)Cc3ccccc3)no2)c(C)c1. The van der Waals surface area contributed by atoms with Crippen molar-refractivity contribution in [1.82, 2.24) is 10.1 Å². The summed E-state index contributed by atoms with van der Waals surface area (Å²) in [5.74, 6) is -1.07. The van der Waals surface area contributed by atoms with Crippen LogP contribution in [0.3, 0.4) is 0 Å². The van der Waals surface area contributed by atoms with E-state index in [1.54, 1.807) is 6.07 Å². The van der Waals surface area contributed by atoms with Crippen LogP contribution in [0.25, 0.3) is 11.3 Å². The summed E-state index contributed by atoms with van der Waals surface area (Å²) < 4.78 is 5.43. The lowest BCUT2D eigenvalue weighted by molar-refractivity contribution is -0.137. The predicted octanol–water partition coefficient (Wildman–Crippen LogP) is 3.99. The molecule has 3 rings (SSSR count). The fourth-order valence-corrected chi connectivity index (χ4v) is 3.39. The molecule has 0 aliphatic carbocycles. The number of benzene rings is 2. The van der Waals surface area contributed by atoms with Crippen molar-refractivity contribution in [1.29, 1.82) is 0 Å². The van der Waals surface area contributed by atoms with Crippen LogP contribution in [0.2, 0.25) is 0 Å². The third kappa shape index (κ3) is 4.28. The molecule has 0 saturated heterocycles. The quantitative estimate of drug-likeness (QED) is 0.701. The van der Waals surface area contributed by atoms with E-state index in [0.717, 1.165) is 27.8 Å². The van der Waals surface area contributed by atoms with Crippen molar-refractivity contribution in [2.75, 3.05) is 6.54 Å². The molecule has 0 spiro atoms. The number of amides is 1. The van der Waals surface area contributed by atoms with Crippen LogP contribution in [0.1, 0.15) is 32.7 Å². The van der Waals surface area contributed by atoms with E-state index in [1.807, 2.05) is 63.2 Å². The smallest absolute Gasteiger partial charge is 0.323 e. The van der Waals surface area contributed by atoms with Crippen molar-refractivity contribution < 1.29 is 19.2 Å². The number of carbonyl (C=O) groups is 2. The van der Waals surface area contributed by atoms with Gasteiger partial charge in [0.1, 0.15) is 6.54 Å². The van der Waals surface area contributed by atoms with Gasteiger partial charge in [-0.3, -0.25) is 9.59 Å². The van der Waals surface area contributed by atoms with E-state index < -0.39 is 18.4 Å². The van der Waals surface area contributed by atoms with Gasteiger partial charge in [-0.15, -0.1) is 0 Å². The number of hydrogen-bond donors (Lipinski definition) is 1. The second-order valence-corrected chi connectivity index (χ2v) is 6.89. The first-order valence-electron chi connectivity index (χ1n) is 8.95. The monoisotopic (exact) mass is 378 g/mol. The molecular weight excluding hydrogens is 356 g/mol. The number of carbonyl (C=O) groups excluding carboxylic acids is 1. The van der Waals surface area contributed by atoms with Gasteiger partial charge in [-0.2, -0.15) is 0 Å².